The Bertz CT molecular complexity index is 474. The minimum absolute atomic E-state index is 0.0460. The second-order valence-corrected chi connectivity index (χ2v) is 7.90. The zero-order chi connectivity index (χ0) is 18.1. The van der Waals surface area contributed by atoms with Crippen molar-refractivity contribution in [3.63, 3.8) is 0 Å². The minimum atomic E-state index is -5.73. The van der Waals surface area contributed by atoms with E-state index in [9.17, 15) is 31.4 Å². The molecule has 0 aromatic heterocycles. The topological polar surface area (TPSA) is 29.5 Å². The molecular weight excluding hydrogens is 338 g/mol. The lowest BCUT2D eigenvalue weighted by atomic mass is 9.71. The Kier molecular flexibility index (Phi) is 4.19. The summed E-state index contributed by atoms with van der Waals surface area (Å²) in [5.41, 5.74) is -4.64. The van der Waals surface area contributed by atoms with Crippen molar-refractivity contribution in [3.8, 4) is 0 Å². The van der Waals surface area contributed by atoms with Crippen LogP contribution in [-0.4, -0.2) is 35.3 Å². The molecule has 0 amide bonds. The van der Waals surface area contributed by atoms with E-state index < -0.39 is 30.3 Å². The highest BCUT2D eigenvalue weighted by molar-refractivity contribution is 5.07. The quantitative estimate of drug-likeness (QED) is 0.744. The van der Waals surface area contributed by atoms with Crippen LogP contribution >= 0.6 is 0 Å². The van der Waals surface area contributed by atoms with Gasteiger partial charge in [-0.05, 0) is 62.2 Å². The molecule has 24 heavy (non-hydrogen) atoms. The first-order chi connectivity index (χ1) is 10.8. The largest absolute Gasteiger partial charge is 0.426 e. The standard InChI is InChI=1S/C16H22F6O2/c1-7-3-11-9-4-10(12(5-9)13(11)24-8(7)2)6-14(23,15(17,18)19)16(20,21)22/h7-13,23H,3-6H2,1-2H3. The first kappa shape index (κ1) is 18.3. The summed E-state index contributed by atoms with van der Waals surface area (Å²) in [4.78, 5) is 0. The Balaban J connectivity index is 1.78. The highest BCUT2D eigenvalue weighted by Gasteiger charge is 2.72. The number of hydrogen-bond donors (Lipinski definition) is 1. The number of hydrogen-bond acceptors (Lipinski definition) is 2. The molecule has 8 heteroatoms. The Morgan fingerprint density at radius 1 is 0.917 bits per heavy atom. The van der Waals surface area contributed by atoms with Gasteiger partial charge in [0.2, 0.25) is 0 Å². The molecule has 0 spiro atoms. The second kappa shape index (κ2) is 5.50. The van der Waals surface area contributed by atoms with Gasteiger partial charge >= 0.3 is 12.4 Å². The molecule has 1 aliphatic heterocycles. The molecule has 2 nitrogen and oxygen atoms in total. The maximum atomic E-state index is 12.9. The van der Waals surface area contributed by atoms with Crippen LogP contribution in [0.1, 0.15) is 39.5 Å². The van der Waals surface area contributed by atoms with E-state index in [1.54, 1.807) is 0 Å². The molecule has 7 atom stereocenters. The van der Waals surface area contributed by atoms with Crippen LogP contribution in [0.3, 0.4) is 0 Å². The highest BCUT2D eigenvalue weighted by atomic mass is 19.4. The maximum Gasteiger partial charge on any atom is 0.426 e. The fourth-order valence-corrected chi connectivity index (χ4v) is 5.08. The van der Waals surface area contributed by atoms with Crippen LogP contribution in [0, 0.1) is 29.6 Å². The van der Waals surface area contributed by atoms with Gasteiger partial charge in [-0.25, -0.2) is 0 Å². The Morgan fingerprint density at radius 3 is 2.04 bits per heavy atom. The summed E-state index contributed by atoms with van der Waals surface area (Å²) in [6.07, 6.45) is -11.3. The third kappa shape index (κ3) is 2.64. The molecule has 1 N–H and O–H groups in total. The third-order valence-electron chi connectivity index (χ3n) is 6.55. The lowest BCUT2D eigenvalue weighted by Crippen LogP contribution is -2.58. The van der Waals surface area contributed by atoms with Crippen LogP contribution in [0.25, 0.3) is 0 Å². The molecular formula is C16H22F6O2. The SMILES string of the molecule is CC1CC2C3CC(CC(O)(C(F)(F)F)C(F)(F)F)C(C3)C2OC1C. The first-order valence-corrected chi connectivity index (χ1v) is 8.36. The van der Waals surface area contributed by atoms with Crippen molar-refractivity contribution in [3.05, 3.63) is 0 Å². The molecule has 0 aromatic carbocycles. The van der Waals surface area contributed by atoms with Crippen LogP contribution in [0.5, 0.6) is 0 Å². The first-order valence-electron chi connectivity index (χ1n) is 8.36. The van der Waals surface area contributed by atoms with Gasteiger partial charge in [0.15, 0.2) is 0 Å². The maximum absolute atomic E-state index is 12.9. The average Bonchev–Trinajstić information content (AvgIpc) is 2.95. The van der Waals surface area contributed by atoms with E-state index in [1.165, 1.54) is 0 Å². The predicted molar refractivity (Wildman–Crippen MR) is 73.0 cm³/mol. The van der Waals surface area contributed by atoms with Crippen LogP contribution < -0.4 is 0 Å². The number of ether oxygens (including phenoxy) is 1. The van der Waals surface area contributed by atoms with Gasteiger partial charge in [-0.3, -0.25) is 0 Å². The van der Waals surface area contributed by atoms with E-state index >= 15 is 0 Å². The van der Waals surface area contributed by atoms with E-state index in [1.807, 2.05) is 6.92 Å². The van der Waals surface area contributed by atoms with Gasteiger partial charge in [0, 0.05) is 0 Å². The van der Waals surface area contributed by atoms with Crippen molar-refractivity contribution < 1.29 is 36.2 Å². The lowest BCUT2D eigenvalue weighted by molar-refractivity contribution is -0.374. The molecule has 2 aliphatic carbocycles. The van der Waals surface area contributed by atoms with Crippen molar-refractivity contribution in [2.75, 3.05) is 0 Å². The molecule has 3 aliphatic rings. The van der Waals surface area contributed by atoms with Crippen molar-refractivity contribution in [1.82, 2.24) is 0 Å². The number of rotatable bonds is 2. The number of fused-ring (bicyclic) bond motifs is 5. The molecule has 1 saturated heterocycles. The normalized spacial score (nSPS) is 43.1. The molecule has 0 aromatic rings. The zero-order valence-electron chi connectivity index (χ0n) is 13.5. The fraction of sp³-hybridized carbons (Fsp3) is 1.00. The van der Waals surface area contributed by atoms with Gasteiger partial charge in [0.05, 0.1) is 12.2 Å². The highest BCUT2D eigenvalue weighted by Crippen LogP contribution is 2.60. The van der Waals surface area contributed by atoms with E-state index in [2.05, 4.69) is 6.92 Å². The number of aliphatic hydroxyl groups is 1. The molecule has 140 valence electrons. The van der Waals surface area contributed by atoms with Gasteiger partial charge in [-0.2, -0.15) is 26.3 Å². The smallest absolute Gasteiger partial charge is 0.374 e. The molecule has 1 heterocycles. The summed E-state index contributed by atoms with van der Waals surface area (Å²) in [6.45, 7) is 3.94. The van der Waals surface area contributed by atoms with Crippen molar-refractivity contribution in [2.24, 2.45) is 29.6 Å². The molecule has 2 bridgehead atoms. The Hall–Kier alpha value is -0.500. The zero-order valence-corrected chi connectivity index (χ0v) is 13.5. The summed E-state index contributed by atoms with van der Waals surface area (Å²) in [7, 11) is 0. The minimum Gasteiger partial charge on any atom is -0.374 e. The Labute approximate surface area is 136 Å². The average molecular weight is 360 g/mol. The molecule has 0 radical (unpaired) electrons. The summed E-state index contributed by atoms with van der Waals surface area (Å²) < 4.78 is 83.6. The van der Waals surface area contributed by atoms with Crippen molar-refractivity contribution in [1.29, 1.82) is 0 Å². The van der Waals surface area contributed by atoms with E-state index in [-0.39, 0.29) is 30.0 Å². The van der Waals surface area contributed by atoms with Crippen LogP contribution in [0.2, 0.25) is 0 Å². The molecule has 3 fully saturated rings. The van der Waals surface area contributed by atoms with E-state index in [4.69, 9.17) is 4.74 Å². The summed E-state index contributed by atoms with van der Waals surface area (Å²) >= 11 is 0. The second-order valence-electron chi connectivity index (χ2n) is 7.90. The van der Waals surface area contributed by atoms with Gasteiger partial charge in [-0.15, -0.1) is 0 Å². The van der Waals surface area contributed by atoms with Gasteiger partial charge in [0.1, 0.15) is 0 Å². The van der Waals surface area contributed by atoms with Crippen LogP contribution in [0.15, 0.2) is 0 Å². The van der Waals surface area contributed by atoms with Gasteiger partial charge < -0.3 is 9.84 Å². The fourth-order valence-electron chi connectivity index (χ4n) is 5.08. The van der Waals surface area contributed by atoms with Crippen molar-refractivity contribution >= 4 is 0 Å². The van der Waals surface area contributed by atoms with Gasteiger partial charge in [0.25, 0.3) is 5.60 Å². The number of alkyl halides is 6. The van der Waals surface area contributed by atoms with Crippen molar-refractivity contribution in [2.45, 2.75) is 69.7 Å². The molecule has 3 rings (SSSR count). The third-order valence-corrected chi connectivity index (χ3v) is 6.55. The summed E-state index contributed by atoms with van der Waals surface area (Å²) in [5, 5.41) is 9.47. The summed E-state index contributed by atoms with van der Waals surface area (Å²) in [6, 6.07) is 0. The van der Waals surface area contributed by atoms with E-state index in [0.717, 1.165) is 6.42 Å². The molecule has 7 unspecified atom stereocenters. The summed E-state index contributed by atoms with van der Waals surface area (Å²) in [5.74, 6) is -0.476. The van der Waals surface area contributed by atoms with Crippen LogP contribution in [-0.2, 0) is 4.74 Å². The Morgan fingerprint density at radius 2 is 1.50 bits per heavy atom. The predicted octanol–water partition coefficient (Wildman–Crippen LogP) is 4.32. The molecule has 2 saturated carbocycles. The monoisotopic (exact) mass is 360 g/mol. The lowest BCUT2D eigenvalue weighted by Gasteiger charge is -2.45. The van der Waals surface area contributed by atoms with Gasteiger partial charge in [-0.1, -0.05) is 6.92 Å². The van der Waals surface area contributed by atoms with E-state index in [0.29, 0.717) is 18.8 Å². The number of halogens is 6. The van der Waals surface area contributed by atoms with Crippen LogP contribution in [0.4, 0.5) is 26.3 Å².